The van der Waals surface area contributed by atoms with Crippen molar-refractivity contribution in [1.29, 1.82) is 0 Å². The standard InChI is InChI=1S/C15H18FN5O.ClH/c1-20(12-6-8-17-9-7-12)15(22)14-10-18-21(19-14)13-4-2-11(16)3-5-13;/h2-5,10,12,17H,6-9H2,1H3;1H. The lowest BCUT2D eigenvalue weighted by molar-refractivity contribution is 0.0697. The molecule has 0 saturated carbocycles. The highest BCUT2D eigenvalue weighted by Gasteiger charge is 2.24. The Morgan fingerprint density at radius 1 is 1.30 bits per heavy atom. The van der Waals surface area contributed by atoms with E-state index in [-0.39, 0.29) is 30.2 Å². The molecule has 23 heavy (non-hydrogen) atoms. The molecule has 0 aliphatic carbocycles. The monoisotopic (exact) mass is 339 g/mol. The first-order valence-corrected chi connectivity index (χ1v) is 7.31. The predicted molar refractivity (Wildman–Crippen MR) is 86.6 cm³/mol. The van der Waals surface area contributed by atoms with Crippen LogP contribution in [0.1, 0.15) is 23.3 Å². The molecule has 1 aliphatic rings. The van der Waals surface area contributed by atoms with Crippen molar-refractivity contribution >= 4 is 18.3 Å². The summed E-state index contributed by atoms with van der Waals surface area (Å²) in [5, 5.41) is 11.6. The Balaban J connectivity index is 0.00000192. The Morgan fingerprint density at radius 3 is 2.61 bits per heavy atom. The van der Waals surface area contributed by atoms with Gasteiger partial charge in [0.25, 0.3) is 5.91 Å². The van der Waals surface area contributed by atoms with Crippen LogP contribution < -0.4 is 5.32 Å². The second-order valence-electron chi connectivity index (χ2n) is 5.39. The van der Waals surface area contributed by atoms with E-state index in [1.807, 2.05) is 0 Å². The lowest BCUT2D eigenvalue weighted by Crippen LogP contribution is -2.44. The highest BCUT2D eigenvalue weighted by molar-refractivity contribution is 5.92. The van der Waals surface area contributed by atoms with E-state index in [2.05, 4.69) is 15.5 Å². The van der Waals surface area contributed by atoms with E-state index in [4.69, 9.17) is 0 Å². The van der Waals surface area contributed by atoms with Crippen LogP contribution in [-0.2, 0) is 0 Å². The van der Waals surface area contributed by atoms with Crippen LogP contribution in [0.2, 0.25) is 0 Å². The number of carbonyl (C=O) groups excluding carboxylic acids is 1. The Bertz CT molecular complexity index is 654. The molecule has 1 aromatic carbocycles. The molecule has 8 heteroatoms. The molecule has 0 atom stereocenters. The van der Waals surface area contributed by atoms with Gasteiger partial charge in [-0.1, -0.05) is 0 Å². The summed E-state index contributed by atoms with van der Waals surface area (Å²) in [7, 11) is 1.80. The fourth-order valence-electron chi connectivity index (χ4n) is 2.60. The van der Waals surface area contributed by atoms with Crippen molar-refractivity contribution in [3.8, 4) is 5.69 Å². The Morgan fingerprint density at radius 2 is 1.96 bits per heavy atom. The molecule has 0 bridgehead atoms. The minimum Gasteiger partial charge on any atom is -0.337 e. The van der Waals surface area contributed by atoms with Crippen molar-refractivity contribution in [3.63, 3.8) is 0 Å². The number of nitrogens with zero attached hydrogens (tertiary/aromatic N) is 4. The fourth-order valence-corrected chi connectivity index (χ4v) is 2.60. The third kappa shape index (κ3) is 3.86. The second-order valence-corrected chi connectivity index (χ2v) is 5.39. The molecule has 2 aromatic rings. The molecular weight excluding hydrogens is 321 g/mol. The van der Waals surface area contributed by atoms with E-state index in [0.717, 1.165) is 25.9 Å². The lowest BCUT2D eigenvalue weighted by Gasteiger charge is -2.31. The molecule has 6 nitrogen and oxygen atoms in total. The Kier molecular flexibility index (Phi) is 5.68. The van der Waals surface area contributed by atoms with Crippen molar-refractivity contribution in [3.05, 3.63) is 42.0 Å². The van der Waals surface area contributed by atoms with Gasteiger partial charge in [-0.25, -0.2) is 4.39 Å². The minimum absolute atomic E-state index is 0. The number of carbonyl (C=O) groups is 1. The Labute approximate surface area is 140 Å². The van der Waals surface area contributed by atoms with Crippen LogP contribution in [0.15, 0.2) is 30.5 Å². The van der Waals surface area contributed by atoms with Crippen molar-refractivity contribution in [2.24, 2.45) is 0 Å². The van der Waals surface area contributed by atoms with Crippen molar-refractivity contribution in [2.45, 2.75) is 18.9 Å². The quantitative estimate of drug-likeness (QED) is 0.923. The molecule has 1 aromatic heterocycles. The summed E-state index contributed by atoms with van der Waals surface area (Å²) >= 11 is 0. The summed E-state index contributed by atoms with van der Waals surface area (Å²) in [5.41, 5.74) is 0.912. The van der Waals surface area contributed by atoms with Gasteiger partial charge in [-0.2, -0.15) is 9.90 Å². The van der Waals surface area contributed by atoms with E-state index in [1.165, 1.54) is 23.1 Å². The lowest BCUT2D eigenvalue weighted by atomic mass is 10.1. The summed E-state index contributed by atoms with van der Waals surface area (Å²) in [4.78, 5) is 15.5. The number of nitrogens with one attached hydrogen (secondary N) is 1. The number of piperidine rings is 1. The van der Waals surface area contributed by atoms with Crippen LogP contribution in [0.25, 0.3) is 5.69 Å². The molecule has 0 radical (unpaired) electrons. The van der Waals surface area contributed by atoms with Gasteiger partial charge in [0.05, 0.1) is 11.9 Å². The molecule has 1 fully saturated rings. The summed E-state index contributed by atoms with van der Waals surface area (Å²) in [6, 6.07) is 6.04. The highest BCUT2D eigenvalue weighted by atomic mass is 35.5. The van der Waals surface area contributed by atoms with Crippen LogP contribution in [0.3, 0.4) is 0 Å². The van der Waals surface area contributed by atoms with Gasteiger partial charge in [0.2, 0.25) is 0 Å². The average Bonchev–Trinajstić information content (AvgIpc) is 3.05. The summed E-state index contributed by atoms with van der Waals surface area (Å²) in [6.07, 6.45) is 3.33. The number of halogens is 2. The Hall–Kier alpha value is -1.99. The number of amides is 1. The molecule has 1 N–H and O–H groups in total. The zero-order valence-electron chi connectivity index (χ0n) is 12.8. The first-order valence-electron chi connectivity index (χ1n) is 7.31. The molecule has 0 unspecified atom stereocenters. The van der Waals surface area contributed by atoms with Crippen molar-refractivity contribution in [2.75, 3.05) is 20.1 Å². The van der Waals surface area contributed by atoms with E-state index in [9.17, 15) is 9.18 Å². The average molecular weight is 340 g/mol. The van der Waals surface area contributed by atoms with Crippen molar-refractivity contribution in [1.82, 2.24) is 25.2 Å². The third-order valence-electron chi connectivity index (χ3n) is 3.95. The zero-order chi connectivity index (χ0) is 15.5. The van der Waals surface area contributed by atoms with Gasteiger partial charge in [-0.3, -0.25) is 4.79 Å². The van der Waals surface area contributed by atoms with Crippen LogP contribution in [0, 0.1) is 5.82 Å². The first-order chi connectivity index (χ1) is 10.6. The number of hydrogen-bond acceptors (Lipinski definition) is 4. The van der Waals surface area contributed by atoms with E-state index >= 15 is 0 Å². The SMILES string of the molecule is CN(C(=O)c1cnn(-c2ccc(F)cc2)n1)C1CCNCC1.Cl. The molecule has 124 valence electrons. The highest BCUT2D eigenvalue weighted by Crippen LogP contribution is 2.13. The summed E-state index contributed by atoms with van der Waals surface area (Å²) in [6.45, 7) is 1.84. The molecule has 1 saturated heterocycles. The maximum absolute atomic E-state index is 12.9. The molecule has 3 rings (SSSR count). The van der Waals surface area contributed by atoms with Crippen molar-refractivity contribution < 1.29 is 9.18 Å². The van der Waals surface area contributed by atoms with E-state index < -0.39 is 0 Å². The number of hydrogen-bond donors (Lipinski definition) is 1. The molecule has 0 spiro atoms. The maximum Gasteiger partial charge on any atom is 0.276 e. The molecular formula is C15H19ClFN5O. The number of benzene rings is 1. The number of rotatable bonds is 3. The summed E-state index contributed by atoms with van der Waals surface area (Å²) in [5.74, 6) is -0.460. The van der Waals surface area contributed by atoms with Crippen LogP contribution >= 0.6 is 12.4 Å². The van der Waals surface area contributed by atoms with E-state index in [1.54, 1.807) is 24.1 Å². The van der Waals surface area contributed by atoms with Crippen LogP contribution in [0.5, 0.6) is 0 Å². The maximum atomic E-state index is 12.9. The van der Waals surface area contributed by atoms with Gasteiger partial charge in [0, 0.05) is 13.1 Å². The van der Waals surface area contributed by atoms with Gasteiger partial charge < -0.3 is 10.2 Å². The minimum atomic E-state index is -0.321. The predicted octanol–water partition coefficient (Wildman–Crippen LogP) is 1.65. The molecule has 2 heterocycles. The van der Waals surface area contributed by atoms with Crippen LogP contribution in [-0.4, -0.2) is 52.0 Å². The number of aromatic nitrogens is 3. The van der Waals surface area contributed by atoms with Gasteiger partial charge in [0.15, 0.2) is 5.69 Å². The molecule has 1 aliphatic heterocycles. The van der Waals surface area contributed by atoms with Gasteiger partial charge in [0.1, 0.15) is 5.82 Å². The van der Waals surface area contributed by atoms with E-state index in [0.29, 0.717) is 11.4 Å². The topological polar surface area (TPSA) is 63.1 Å². The third-order valence-corrected chi connectivity index (χ3v) is 3.95. The summed E-state index contributed by atoms with van der Waals surface area (Å²) < 4.78 is 12.9. The largest absolute Gasteiger partial charge is 0.337 e. The normalized spacial score (nSPS) is 15.0. The smallest absolute Gasteiger partial charge is 0.276 e. The van der Waals surface area contributed by atoms with Crippen LogP contribution in [0.4, 0.5) is 4.39 Å². The molecule has 1 amide bonds. The van der Waals surface area contributed by atoms with Gasteiger partial charge >= 0.3 is 0 Å². The fraction of sp³-hybridized carbons (Fsp3) is 0.400. The van der Waals surface area contributed by atoms with Gasteiger partial charge in [-0.15, -0.1) is 17.5 Å². The van der Waals surface area contributed by atoms with Gasteiger partial charge in [-0.05, 0) is 50.2 Å². The first kappa shape index (κ1) is 17.4. The second kappa shape index (κ2) is 7.52. The zero-order valence-corrected chi connectivity index (χ0v) is 13.6.